The zero-order valence-electron chi connectivity index (χ0n) is 7.50. The summed E-state index contributed by atoms with van der Waals surface area (Å²) in [6.45, 7) is 1.92. The van der Waals surface area contributed by atoms with E-state index in [1.165, 1.54) is 0 Å². The van der Waals surface area contributed by atoms with Crippen molar-refractivity contribution in [2.24, 2.45) is 0 Å². The van der Waals surface area contributed by atoms with Gasteiger partial charge in [-0.1, -0.05) is 0 Å². The molecular weight excluding hydrogens is 168 g/mol. The minimum Gasteiger partial charge on any atom is -0.481 e. The summed E-state index contributed by atoms with van der Waals surface area (Å²) in [6.07, 6.45) is 3.82. The van der Waals surface area contributed by atoms with Gasteiger partial charge in [0.25, 0.3) is 0 Å². The van der Waals surface area contributed by atoms with Crippen LogP contribution in [0.2, 0.25) is 0 Å². The lowest BCUT2D eigenvalue weighted by molar-refractivity contribution is -0.137. The molecule has 1 aliphatic carbocycles. The van der Waals surface area contributed by atoms with Gasteiger partial charge < -0.3 is 10.1 Å². The summed E-state index contributed by atoms with van der Waals surface area (Å²) in [5, 5.41) is 8.72. The van der Waals surface area contributed by atoms with E-state index in [-0.39, 0.29) is 11.8 Å². The number of aromatic amines is 1. The number of imidazole rings is 1. The summed E-state index contributed by atoms with van der Waals surface area (Å²) in [7, 11) is 0. The van der Waals surface area contributed by atoms with E-state index < -0.39 is 5.97 Å². The van der Waals surface area contributed by atoms with E-state index in [2.05, 4.69) is 9.97 Å². The molecular formula is C9H12N2O2. The Balaban J connectivity index is 2.20. The lowest BCUT2D eigenvalue weighted by Crippen LogP contribution is -2.14. The second kappa shape index (κ2) is 2.58. The lowest BCUT2D eigenvalue weighted by Gasteiger charge is -2.07. The van der Waals surface area contributed by atoms with E-state index in [0.29, 0.717) is 0 Å². The van der Waals surface area contributed by atoms with Crippen molar-refractivity contribution in [3.05, 3.63) is 17.7 Å². The Labute approximate surface area is 76.0 Å². The van der Waals surface area contributed by atoms with E-state index in [1.54, 1.807) is 6.20 Å². The standard InChI is InChI=1S/C9H12N2O2/c1-6-5-10-8(11-6)9(2-3-9)4-7(12)13/h5H,2-4H2,1H3,(H,10,11)(H,12,13). The minimum atomic E-state index is -0.744. The molecule has 2 rings (SSSR count). The van der Waals surface area contributed by atoms with Gasteiger partial charge in [0, 0.05) is 17.3 Å². The quantitative estimate of drug-likeness (QED) is 0.735. The third-order valence-electron chi connectivity index (χ3n) is 2.55. The molecule has 70 valence electrons. The number of aryl methyl sites for hydroxylation is 1. The van der Waals surface area contributed by atoms with Crippen LogP contribution in [0, 0.1) is 6.92 Å². The molecule has 1 aliphatic rings. The molecule has 0 atom stereocenters. The van der Waals surface area contributed by atoms with E-state index in [1.807, 2.05) is 6.92 Å². The topological polar surface area (TPSA) is 66.0 Å². The van der Waals surface area contributed by atoms with E-state index >= 15 is 0 Å². The van der Waals surface area contributed by atoms with Crippen LogP contribution in [-0.4, -0.2) is 21.0 Å². The Morgan fingerprint density at radius 3 is 2.85 bits per heavy atom. The predicted molar refractivity (Wildman–Crippen MR) is 46.5 cm³/mol. The van der Waals surface area contributed by atoms with Crippen molar-refractivity contribution >= 4 is 5.97 Å². The average Bonchev–Trinajstić information content (AvgIpc) is 2.65. The fourth-order valence-electron chi connectivity index (χ4n) is 1.62. The largest absolute Gasteiger partial charge is 0.481 e. The zero-order valence-corrected chi connectivity index (χ0v) is 7.50. The van der Waals surface area contributed by atoms with Gasteiger partial charge in [-0.25, -0.2) is 4.98 Å². The maximum Gasteiger partial charge on any atom is 0.304 e. The normalized spacial score (nSPS) is 18.5. The number of carboxylic acid groups (broad SMARTS) is 1. The van der Waals surface area contributed by atoms with Crippen LogP contribution in [0.3, 0.4) is 0 Å². The molecule has 1 fully saturated rings. The maximum atomic E-state index is 10.6. The van der Waals surface area contributed by atoms with E-state index in [9.17, 15) is 4.79 Å². The van der Waals surface area contributed by atoms with Crippen molar-refractivity contribution < 1.29 is 9.90 Å². The van der Waals surface area contributed by atoms with Crippen molar-refractivity contribution in [3.8, 4) is 0 Å². The van der Waals surface area contributed by atoms with Gasteiger partial charge in [0.05, 0.1) is 6.42 Å². The molecule has 0 unspecified atom stereocenters. The predicted octanol–water partition coefficient (Wildman–Crippen LogP) is 1.22. The molecule has 0 radical (unpaired) electrons. The highest BCUT2D eigenvalue weighted by atomic mass is 16.4. The van der Waals surface area contributed by atoms with Crippen LogP contribution in [0.5, 0.6) is 0 Å². The van der Waals surface area contributed by atoms with E-state index in [0.717, 1.165) is 24.4 Å². The Hall–Kier alpha value is -1.32. The van der Waals surface area contributed by atoms with Crippen LogP contribution in [0.4, 0.5) is 0 Å². The summed E-state index contributed by atoms with van der Waals surface area (Å²) in [6, 6.07) is 0. The zero-order chi connectivity index (χ0) is 9.47. The molecule has 0 saturated heterocycles. The number of nitrogens with zero attached hydrogens (tertiary/aromatic N) is 1. The molecule has 13 heavy (non-hydrogen) atoms. The number of aromatic nitrogens is 2. The van der Waals surface area contributed by atoms with Gasteiger partial charge >= 0.3 is 5.97 Å². The molecule has 1 aromatic heterocycles. The number of carbonyl (C=O) groups is 1. The highest BCUT2D eigenvalue weighted by Crippen LogP contribution is 2.49. The summed E-state index contributed by atoms with van der Waals surface area (Å²) in [5.74, 6) is 0.0963. The van der Waals surface area contributed by atoms with Gasteiger partial charge in [0.1, 0.15) is 5.82 Å². The molecule has 1 heterocycles. The number of aliphatic carboxylic acids is 1. The Bertz CT molecular complexity index is 339. The van der Waals surface area contributed by atoms with Gasteiger partial charge in [-0.05, 0) is 19.8 Å². The van der Waals surface area contributed by atoms with Crippen LogP contribution in [-0.2, 0) is 10.2 Å². The third-order valence-corrected chi connectivity index (χ3v) is 2.55. The first kappa shape index (κ1) is 8.29. The first-order valence-corrected chi connectivity index (χ1v) is 4.36. The summed E-state index contributed by atoms with van der Waals surface area (Å²) in [4.78, 5) is 17.9. The minimum absolute atomic E-state index is 0.180. The number of carboxylic acids is 1. The highest BCUT2D eigenvalue weighted by Gasteiger charge is 2.48. The first-order valence-electron chi connectivity index (χ1n) is 4.36. The number of rotatable bonds is 3. The molecule has 4 nitrogen and oxygen atoms in total. The Morgan fingerprint density at radius 2 is 2.46 bits per heavy atom. The first-order chi connectivity index (χ1) is 6.12. The summed E-state index contributed by atoms with van der Waals surface area (Å²) < 4.78 is 0. The van der Waals surface area contributed by atoms with Gasteiger partial charge in [0.15, 0.2) is 0 Å². The fraction of sp³-hybridized carbons (Fsp3) is 0.556. The second-order valence-electron chi connectivity index (χ2n) is 3.77. The number of hydrogen-bond acceptors (Lipinski definition) is 2. The SMILES string of the molecule is Cc1cnc(C2(CC(=O)O)CC2)[nH]1. The number of hydrogen-bond donors (Lipinski definition) is 2. The van der Waals surface area contributed by atoms with Gasteiger partial charge in [-0.3, -0.25) is 4.79 Å². The molecule has 4 heteroatoms. The van der Waals surface area contributed by atoms with Gasteiger partial charge in [-0.2, -0.15) is 0 Å². The lowest BCUT2D eigenvalue weighted by atomic mass is 10.0. The number of nitrogens with one attached hydrogen (secondary N) is 1. The smallest absolute Gasteiger partial charge is 0.304 e. The number of H-pyrrole nitrogens is 1. The molecule has 0 spiro atoms. The van der Waals surface area contributed by atoms with Crippen LogP contribution >= 0.6 is 0 Å². The Kier molecular flexibility index (Phi) is 1.65. The Morgan fingerprint density at radius 1 is 1.77 bits per heavy atom. The van der Waals surface area contributed by atoms with Crippen molar-refractivity contribution in [1.29, 1.82) is 0 Å². The van der Waals surface area contributed by atoms with Crippen molar-refractivity contribution in [2.45, 2.75) is 31.6 Å². The molecule has 0 aromatic carbocycles. The van der Waals surface area contributed by atoms with E-state index in [4.69, 9.17) is 5.11 Å². The van der Waals surface area contributed by atoms with Crippen LogP contribution in [0.15, 0.2) is 6.20 Å². The summed E-state index contributed by atoms with van der Waals surface area (Å²) in [5.41, 5.74) is 0.812. The van der Waals surface area contributed by atoms with Crippen LogP contribution < -0.4 is 0 Å². The molecule has 1 aromatic rings. The van der Waals surface area contributed by atoms with Crippen LogP contribution in [0.25, 0.3) is 0 Å². The van der Waals surface area contributed by atoms with Crippen molar-refractivity contribution in [2.75, 3.05) is 0 Å². The third kappa shape index (κ3) is 1.43. The fourth-order valence-corrected chi connectivity index (χ4v) is 1.62. The highest BCUT2D eigenvalue weighted by molar-refractivity contribution is 5.69. The molecule has 1 saturated carbocycles. The second-order valence-corrected chi connectivity index (χ2v) is 3.77. The molecule has 0 amide bonds. The van der Waals surface area contributed by atoms with Crippen molar-refractivity contribution in [3.63, 3.8) is 0 Å². The molecule has 2 N–H and O–H groups in total. The van der Waals surface area contributed by atoms with Crippen LogP contribution in [0.1, 0.15) is 30.8 Å². The van der Waals surface area contributed by atoms with Crippen molar-refractivity contribution in [1.82, 2.24) is 9.97 Å². The summed E-state index contributed by atoms with van der Waals surface area (Å²) >= 11 is 0. The monoisotopic (exact) mass is 180 g/mol. The molecule has 0 aliphatic heterocycles. The average molecular weight is 180 g/mol. The maximum absolute atomic E-state index is 10.6. The van der Waals surface area contributed by atoms with Gasteiger partial charge in [0.2, 0.25) is 0 Å². The van der Waals surface area contributed by atoms with Gasteiger partial charge in [-0.15, -0.1) is 0 Å². The molecule has 0 bridgehead atoms.